The molecule has 6 nitrogen and oxygen atoms in total. The molecule has 4 rings (SSSR count). The minimum atomic E-state index is -0.385. The van der Waals surface area contributed by atoms with E-state index < -0.39 is 0 Å². The van der Waals surface area contributed by atoms with Crippen molar-refractivity contribution in [3.05, 3.63) is 82.9 Å². The molecule has 1 aromatic carbocycles. The van der Waals surface area contributed by atoms with Crippen LogP contribution < -0.4 is 16.2 Å². The van der Waals surface area contributed by atoms with Crippen molar-refractivity contribution in [1.82, 2.24) is 9.97 Å². The van der Waals surface area contributed by atoms with E-state index in [1.807, 2.05) is 36.4 Å². The van der Waals surface area contributed by atoms with Crippen LogP contribution in [-0.4, -0.2) is 29.0 Å². The van der Waals surface area contributed by atoms with Gasteiger partial charge in [0.1, 0.15) is 0 Å². The van der Waals surface area contributed by atoms with Gasteiger partial charge in [-0.15, -0.1) is 0 Å². The minimum absolute atomic E-state index is 0.0532. The van der Waals surface area contributed by atoms with Crippen LogP contribution in [0.15, 0.2) is 71.8 Å². The molecule has 138 valence electrons. The molecule has 1 amide bonds. The van der Waals surface area contributed by atoms with Crippen molar-refractivity contribution < 1.29 is 4.79 Å². The average molecular weight is 362 g/mol. The predicted molar refractivity (Wildman–Crippen MR) is 107 cm³/mol. The fourth-order valence-corrected chi connectivity index (χ4v) is 3.04. The van der Waals surface area contributed by atoms with Crippen LogP contribution in [-0.2, 0) is 0 Å². The summed E-state index contributed by atoms with van der Waals surface area (Å²) in [5.41, 5.74) is 8.78. The Hall–Kier alpha value is -3.41. The zero-order valence-electron chi connectivity index (χ0n) is 15.0. The summed E-state index contributed by atoms with van der Waals surface area (Å²) in [6.45, 7) is 1.98. The van der Waals surface area contributed by atoms with Crippen molar-refractivity contribution in [1.29, 1.82) is 0 Å². The van der Waals surface area contributed by atoms with Crippen molar-refractivity contribution in [2.24, 2.45) is 5.73 Å². The van der Waals surface area contributed by atoms with Gasteiger partial charge >= 0.3 is 0 Å². The van der Waals surface area contributed by atoms with Crippen LogP contribution in [0.3, 0.4) is 0 Å². The molecule has 6 heteroatoms. The largest absolute Gasteiger partial charge is 0.371 e. The summed E-state index contributed by atoms with van der Waals surface area (Å²) in [5, 5.41) is 0. The Kier molecular flexibility index (Phi) is 5.99. The molecule has 0 radical (unpaired) electrons. The predicted octanol–water partition coefficient (Wildman–Crippen LogP) is 2.82. The molecule has 1 aliphatic rings. The average Bonchev–Trinajstić information content (AvgIpc) is 3.24. The first kappa shape index (κ1) is 18.4. The number of primary amides is 1. The number of pyridine rings is 2. The summed E-state index contributed by atoms with van der Waals surface area (Å²) in [6, 6.07) is 16.5. The SMILES string of the molecule is NC(=O)c1cc(-c2ccccn2)ccc1N1CCCC1.O=c1cccc[nH]1. The Morgan fingerprint density at radius 2 is 1.81 bits per heavy atom. The summed E-state index contributed by atoms with van der Waals surface area (Å²) in [5.74, 6) is -0.385. The van der Waals surface area contributed by atoms with Gasteiger partial charge in [-0.05, 0) is 43.2 Å². The third-order valence-electron chi connectivity index (χ3n) is 4.35. The number of rotatable bonds is 3. The first-order valence-corrected chi connectivity index (χ1v) is 8.89. The lowest BCUT2D eigenvalue weighted by molar-refractivity contribution is 0.100. The van der Waals surface area contributed by atoms with Crippen LogP contribution >= 0.6 is 0 Å². The molecule has 1 aliphatic heterocycles. The first-order chi connectivity index (χ1) is 13.1. The van der Waals surface area contributed by atoms with Crippen molar-refractivity contribution in [2.45, 2.75) is 12.8 Å². The maximum absolute atomic E-state index is 11.7. The van der Waals surface area contributed by atoms with Crippen molar-refractivity contribution in [2.75, 3.05) is 18.0 Å². The Labute approximate surface area is 157 Å². The van der Waals surface area contributed by atoms with Gasteiger partial charge in [0.15, 0.2) is 0 Å². The van der Waals surface area contributed by atoms with Gasteiger partial charge in [0, 0.05) is 42.8 Å². The number of carbonyl (C=O) groups excluding carboxylic acids is 1. The van der Waals surface area contributed by atoms with Gasteiger partial charge in [-0.3, -0.25) is 14.6 Å². The lowest BCUT2D eigenvalue weighted by Crippen LogP contribution is -2.23. The molecule has 27 heavy (non-hydrogen) atoms. The number of nitrogens with one attached hydrogen (secondary N) is 1. The van der Waals surface area contributed by atoms with Crippen molar-refractivity contribution >= 4 is 11.6 Å². The normalized spacial score (nSPS) is 13.0. The molecule has 1 fully saturated rings. The molecule has 3 N–H and O–H groups in total. The highest BCUT2D eigenvalue weighted by molar-refractivity contribution is 6.00. The Balaban J connectivity index is 0.000000253. The molecule has 0 saturated carbocycles. The smallest absolute Gasteiger partial charge is 0.250 e. The summed E-state index contributed by atoms with van der Waals surface area (Å²) in [6.07, 6.45) is 5.68. The van der Waals surface area contributed by atoms with E-state index in [2.05, 4.69) is 14.9 Å². The quantitative estimate of drug-likeness (QED) is 0.749. The monoisotopic (exact) mass is 362 g/mol. The van der Waals surface area contributed by atoms with Crippen LogP contribution in [0.4, 0.5) is 5.69 Å². The molecule has 0 atom stereocenters. The van der Waals surface area contributed by atoms with Gasteiger partial charge in [-0.2, -0.15) is 0 Å². The molecule has 1 saturated heterocycles. The number of nitrogens with two attached hydrogens (primary N) is 1. The molecule has 2 aromatic heterocycles. The van der Waals surface area contributed by atoms with E-state index in [0.717, 1.165) is 30.0 Å². The van der Waals surface area contributed by atoms with Gasteiger partial charge in [-0.1, -0.05) is 18.2 Å². The highest BCUT2D eigenvalue weighted by atomic mass is 16.1. The standard InChI is InChI=1S/C16H17N3O.C5H5NO/c17-16(20)13-11-12(14-5-1-2-8-18-14)6-7-15(13)19-9-3-4-10-19;7-5-3-1-2-4-6-5/h1-2,5-8,11H,3-4,9-10H2,(H2,17,20);1-4H,(H,6,7). The summed E-state index contributed by atoms with van der Waals surface area (Å²) < 4.78 is 0. The molecule has 0 unspecified atom stereocenters. The zero-order valence-corrected chi connectivity index (χ0v) is 15.0. The molecule has 0 aliphatic carbocycles. The van der Waals surface area contributed by atoms with Crippen LogP contribution in [0.2, 0.25) is 0 Å². The number of hydrogen-bond acceptors (Lipinski definition) is 4. The van der Waals surface area contributed by atoms with Gasteiger partial charge < -0.3 is 15.6 Å². The molecule has 3 heterocycles. The van der Waals surface area contributed by atoms with E-state index in [1.165, 1.54) is 18.9 Å². The van der Waals surface area contributed by atoms with E-state index in [4.69, 9.17) is 5.73 Å². The van der Waals surface area contributed by atoms with Crippen molar-refractivity contribution in [3.63, 3.8) is 0 Å². The van der Waals surface area contributed by atoms with Gasteiger partial charge in [0.25, 0.3) is 5.91 Å². The summed E-state index contributed by atoms with van der Waals surface area (Å²) >= 11 is 0. The number of anilines is 1. The summed E-state index contributed by atoms with van der Waals surface area (Å²) in [7, 11) is 0. The molecule has 0 bridgehead atoms. The van der Waals surface area contributed by atoms with Crippen LogP contribution in [0.25, 0.3) is 11.3 Å². The topological polar surface area (TPSA) is 92.1 Å². The third-order valence-corrected chi connectivity index (χ3v) is 4.35. The van der Waals surface area contributed by atoms with E-state index in [1.54, 1.807) is 24.5 Å². The van der Waals surface area contributed by atoms with Crippen LogP contribution in [0.1, 0.15) is 23.2 Å². The fraction of sp³-hybridized carbons (Fsp3) is 0.190. The second kappa shape index (κ2) is 8.80. The number of aromatic amines is 1. The maximum Gasteiger partial charge on any atom is 0.250 e. The lowest BCUT2D eigenvalue weighted by Gasteiger charge is -2.20. The van der Waals surface area contributed by atoms with Crippen LogP contribution in [0, 0.1) is 0 Å². The number of aromatic nitrogens is 2. The van der Waals surface area contributed by atoms with E-state index >= 15 is 0 Å². The summed E-state index contributed by atoms with van der Waals surface area (Å²) in [4.78, 5) is 31.0. The van der Waals surface area contributed by atoms with Gasteiger partial charge in [0.05, 0.1) is 11.3 Å². The van der Waals surface area contributed by atoms with Crippen molar-refractivity contribution in [3.8, 4) is 11.3 Å². The number of amides is 1. The number of H-pyrrole nitrogens is 1. The molecule has 3 aromatic rings. The second-order valence-electron chi connectivity index (χ2n) is 6.23. The molecular formula is C21H22N4O2. The first-order valence-electron chi connectivity index (χ1n) is 8.89. The number of nitrogens with zero attached hydrogens (tertiary/aromatic N) is 2. The maximum atomic E-state index is 11.7. The molecule has 0 spiro atoms. The minimum Gasteiger partial charge on any atom is -0.371 e. The highest BCUT2D eigenvalue weighted by Gasteiger charge is 2.19. The van der Waals surface area contributed by atoms with E-state index in [0.29, 0.717) is 5.56 Å². The number of carbonyl (C=O) groups is 1. The number of hydrogen-bond donors (Lipinski definition) is 2. The number of benzene rings is 1. The fourth-order valence-electron chi connectivity index (χ4n) is 3.04. The van der Waals surface area contributed by atoms with Gasteiger partial charge in [-0.25, -0.2) is 0 Å². The molecular weight excluding hydrogens is 340 g/mol. The lowest BCUT2D eigenvalue weighted by atomic mass is 10.0. The second-order valence-corrected chi connectivity index (χ2v) is 6.23. The van der Waals surface area contributed by atoms with E-state index in [9.17, 15) is 9.59 Å². The van der Waals surface area contributed by atoms with Crippen LogP contribution in [0.5, 0.6) is 0 Å². The Bertz CT molecular complexity index is 930. The Morgan fingerprint density at radius 1 is 1.04 bits per heavy atom. The van der Waals surface area contributed by atoms with Gasteiger partial charge in [0.2, 0.25) is 5.56 Å². The van der Waals surface area contributed by atoms with E-state index in [-0.39, 0.29) is 11.5 Å². The zero-order chi connectivity index (χ0) is 19.1. The third kappa shape index (κ3) is 4.82. The Morgan fingerprint density at radius 3 is 2.37 bits per heavy atom. The highest BCUT2D eigenvalue weighted by Crippen LogP contribution is 2.28.